The highest BCUT2D eigenvalue weighted by molar-refractivity contribution is 6.24. The third-order valence-electron chi connectivity index (χ3n) is 3.48. The smallest absolute Gasteiger partial charge is 0.438 e. The van der Waals surface area contributed by atoms with E-state index in [1.54, 1.807) is 25.5 Å². The molecule has 6 nitrogen and oxygen atoms in total. The molecule has 0 aromatic carbocycles. The normalized spacial score (nSPS) is 13.9. The van der Waals surface area contributed by atoms with Crippen LogP contribution >= 0.6 is 0 Å². The highest BCUT2D eigenvalue weighted by atomic mass is 16.7. The molecular formula is C14H15NO5. The summed E-state index contributed by atoms with van der Waals surface area (Å²) >= 11 is 0. The average Bonchev–Trinajstić information content (AvgIpc) is 2.66. The number of carbonyl (C=O) groups is 3. The molecule has 0 amide bonds. The number of rotatable bonds is 2. The third kappa shape index (κ3) is 2.03. The van der Waals surface area contributed by atoms with Gasteiger partial charge in [0, 0.05) is 23.9 Å². The van der Waals surface area contributed by atoms with Gasteiger partial charge in [-0.1, -0.05) is 0 Å². The molecule has 6 heteroatoms. The van der Waals surface area contributed by atoms with E-state index < -0.39 is 6.16 Å². The molecule has 1 aromatic heterocycles. The van der Waals surface area contributed by atoms with Crippen LogP contribution in [0.25, 0.3) is 0 Å². The molecule has 0 aliphatic heterocycles. The minimum atomic E-state index is -0.830. The van der Waals surface area contributed by atoms with E-state index in [0.717, 1.165) is 0 Å². The lowest BCUT2D eigenvalue weighted by Gasteiger charge is -2.11. The molecule has 0 saturated heterocycles. The number of fused-ring (bicyclic) bond motifs is 1. The molecule has 0 unspecified atom stereocenters. The van der Waals surface area contributed by atoms with E-state index >= 15 is 0 Å². The fourth-order valence-electron chi connectivity index (χ4n) is 2.29. The van der Waals surface area contributed by atoms with Crippen molar-refractivity contribution in [2.45, 2.75) is 20.5 Å². The number of allylic oxidation sites excluding steroid dienone is 2. The predicted octanol–water partition coefficient (Wildman–Crippen LogP) is 1.94. The van der Waals surface area contributed by atoms with E-state index in [9.17, 15) is 14.4 Å². The highest BCUT2D eigenvalue weighted by Crippen LogP contribution is 2.29. The maximum Gasteiger partial charge on any atom is 0.508 e. The molecule has 0 bridgehead atoms. The summed E-state index contributed by atoms with van der Waals surface area (Å²) in [5, 5.41) is 0. The Balaban J connectivity index is 2.51. The molecule has 1 aliphatic rings. The topological polar surface area (TPSA) is 74.6 Å². The Morgan fingerprint density at radius 2 is 1.95 bits per heavy atom. The first kappa shape index (κ1) is 14.0. The van der Waals surface area contributed by atoms with Crippen LogP contribution in [-0.2, 0) is 23.1 Å². The van der Waals surface area contributed by atoms with Crippen molar-refractivity contribution in [1.29, 1.82) is 0 Å². The molecule has 0 atom stereocenters. The zero-order chi connectivity index (χ0) is 15.0. The van der Waals surface area contributed by atoms with Gasteiger partial charge < -0.3 is 14.0 Å². The molecule has 1 heterocycles. The van der Waals surface area contributed by atoms with Crippen LogP contribution < -0.4 is 0 Å². The Kier molecular flexibility index (Phi) is 3.48. The van der Waals surface area contributed by atoms with Crippen LogP contribution in [0.3, 0.4) is 0 Å². The number of aromatic nitrogens is 1. The van der Waals surface area contributed by atoms with Gasteiger partial charge in [-0.15, -0.1) is 0 Å². The molecular weight excluding hydrogens is 262 g/mol. The van der Waals surface area contributed by atoms with Crippen molar-refractivity contribution in [3.05, 3.63) is 34.2 Å². The fourth-order valence-corrected chi connectivity index (χ4v) is 2.29. The second-order valence-corrected chi connectivity index (χ2v) is 4.61. The number of hydrogen-bond acceptors (Lipinski definition) is 5. The minimum absolute atomic E-state index is 0.103. The van der Waals surface area contributed by atoms with Gasteiger partial charge in [0.15, 0.2) is 5.78 Å². The number of hydrogen-bond donors (Lipinski definition) is 0. The number of nitrogens with zero attached hydrogens (tertiary/aromatic N) is 1. The van der Waals surface area contributed by atoms with Crippen molar-refractivity contribution in [3.63, 3.8) is 0 Å². The summed E-state index contributed by atoms with van der Waals surface area (Å²) < 4.78 is 10.9. The van der Waals surface area contributed by atoms with Crippen molar-refractivity contribution in [1.82, 2.24) is 4.57 Å². The van der Waals surface area contributed by atoms with Crippen LogP contribution in [0.4, 0.5) is 4.79 Å². The number of methoxy groups -OCH3 is 1. The molecule has 2 rings (SSSR count). The van der Waals surface area contributed by atoms with Gasteiger partial charge in [-0.05, 0) is 19.9 Å². The van der Waals surface area contributed by atoms with E-state index in [1.807, 2.05) is 0 Å². The Morgan fingerprint density at radius 3 is 2.55 bits per heavy atom. The van der Waals surface area contributed by atoms with Gasteiger partial charge in [-0.3, -0.25) is 9.59 Å². The minimum Gasteiger partial charge on any atom is -0.438 e. The first-order valence-electron chi connectivity index (χ1n) is 6.04. The Hall–Kier alpha value is -2.37. The van der Waals surface area contributed by atoms with Crippen molar-refractivity contribution < 1.29 is 23.9 Å². The van der Waals surface area contributed by atoms with Crippen LogP contribution in [0.1, 0.15) is 39.0 Å². The van der Waals surface area contributed by atoms with Crippen molar-refractivity contribution >= 4 is 17.7 Å². The van der Waals surface area contributed by atoms with Crippen molar-refractivity contribution in [3.8, 4) is 0 Å². The summed E-state index contributed by atoms with van der Waals surface area (Å²) in [7, 11) is 2.91. The molecule has 1 aliphatic carbocycles. The average molecular weight is 277 g/mol. The lowest BCUT2D eigenvalue weighted by atomic mass is 9.92. The van der Waals surface area contributed by atoms with Crippen LogP contribution in [0, 0.1) is 6.92 Å². The van der Waals surface area contributed by atoms with Gasteiger partial charge in [-0.25, -0.2) is 4.79 Å². The largest absolute Gasteiger partial charge is 0.508 e. The summed E-state index contributed by atoms with van der Waals surface area (Å²) in [5.74, 6) is -0.432. The highest BCUT2D eigenvalue weighted by Gasteiger charge is 2.32. The quantitative estimate of drug-likeness (QED) is 0.772. The monoisotopic (exact) mass is 277 g/mol. The first-order valence-corrected chi connectivity index (χ1v) is 6.04. The van der Waals surface area contributed by atoms with Crippen LogP contribution in [0.15, 0.2) is 11.6 Å². The second kappa shape index (κ2) is 4.96. The molecule has 0 radical (unpaired) electrons. The molecule has 0 N–H and O–H groups in total. The van der Waals surface area contributed by atoms with Crippen molar-refractivity contribution in [2.24, 2.45) is 7.05 Å². The van der Waals surface area contributed by atoms with E-state index in [0.29, 0.717) is 28.1 Å². The summed E-state index contributed by atoms with van der Waals surface area (Å²) in [5.41, 5.74) is 2.29. The fraction of sp³-hybridized carbons (Fsp3) is 0.357. The maximum atomic E-state index is 12.3. The molecule has 0 saturated carbocycles. The summed E-state index contributed by atoms with van der Waals surface area (Å²) in [6.07, 6.45) is 0.499. The van der Waals surface area contributed by atoms with Gasteiger partial charge in [0.1, 0.15) is 12.3 Å². The summed E-state index contributed by atoms with van der Waals surface area (Å²) in [4.78, 5) is 35.4. The lowest BCUT2D eigenvalue weighted by Crippen LogP contribution is -2.18. The Labute approximate surface area is 116 Å². The Bertz CT molecular complexity index is 651. The standard InChI is InChI=1S/C14H15NO5/c1-7-5-10(16)12-11(13(7)17)9(8(2)15(12)3)6-20-14(18)19-4/h5H,6H2,1-4H3. The van der Waals surface area contributed by atoms with Crippen LogP contribution in [0.5, 0.6) is 0 Å². The van der Waals surface area contributed by atoms with Crippen molar-refractivity contribution in [2.75, 3.05) is 7.11 Å². The zero-order valence-electron chi connectivity index (χ0n) is 11.8. The number of Topliss-reactive ketones (excluding diaryl/α,β-unsaturated/α-hetero) is 1. The SMILES string of the molecule is COC(=O)OCc1c2c(n(C)c1C)C(=O)C=C(C)C2=O. The number of ketones is 2. The number of carbonyl (C=O) groups excluding carboxylic acids is 3. The van der Waals surface area contributed by atoms with E-state index in [4.69, 9.17) is 4.74 Å². The van der Waals surface area contributed by atoms with Gasteiger partial charge in [0.25, 0.3) is 0 Å². The molecule has 106 valence electrons. The van der Waals surface area contributed by atoms with Gasteiger partial charge in [0.2, 0.25) is 5.78 Å². The summed E-state index contributed by atoms with van der Waals surface area (Å²) in [6.45, 7) is 3.26. The molecule has 0 spiro atoms. The first-order chi connectivity index (χ1) is 9.38. The second-order valence-electron chi connectivity index (χ2n) is 4.61. The van der Waals surface area contributed by atoms with Crippen LogP contribution in [-0.4, -0.2) is 29.4 Å². The molecule has 1 aromatic rings. The van der Waals surface area contributed by atoms with E-state index in [1.165, 1.54) is 13.2 Å². The lowest BCUT2D eigenvalue weighted by molar-refractivity contribution is 0.0663. The molecule has 20 heavy (non-hydrogen) atoms. The number of ether oxygens (including phenoxy) is 2. The molecule has 0 fully saturated rings. The predicted molar refractivity (Wildman–Crippen MR) is 69.8 cm³/mol. The van der Waals surface area contributed by atoms with E-state index in [-0.39, 0.29) is 18.2 Å². The zero-order valence-corrected chi connectivity index (χ0v) is 11.8. The summed E-state index contributed by atoms with van der Waals surface area (Å²) in [6, 6.07) is 0. The van der Waals surface area contributed by atoms with Crippen LogP contribution in [0.2, 0.25) is 0 Å². The Morgan fingerprint density at radius 1 is 1.30 bits per heavy atom. The van der Waals surface area contributed by atoms with Gasteiger partial charge in [-0.2, -0.15) is 0 Å². The maximum absolute atomic E-state index is 12.3. The van der Waals surface area contributed by atoms with E-state index in [2.05, 4.69) is 4.74 Å². The van der Waals surface area contributed by atoms with Gasteiger partial charge >= 0.3 is 6.16 Å². The van der Waals surface area contributed by atoms with Gasteiger partial charge in [0.05, 0.1) is 12.7 Å². The third-order valence-corrected chi connectivity index (χ3v) is 3.48.